The Bertz CT molecular complexity index is 545. The number of rotatable bonds is 6. The first-order valence-electron chi connectivity index (χ1n) is 9.80. The third-order valence-corrected chi connectivity index (χ3v) is 5.78. The zero-order valence-electron chi connectivity index (χ0n) is 15.4. The van der Waals surface area contributed by atoms with E-state index in [1.165, 1.54) is 32.4 Å². The minimum Gasteiger partial charge on any atom is -0.385 e. The van der Waals surface area contributed by atoms with E-state index in [1.54, 1.807) is 6.20 Å². The van der Waals surface area contributed by atoms with Crippen LogP contribution in [0.3, 0.4) is 0 Å². The fourth-order valence-electron chi connectivity index (χ4n) is 4.13. The molecule has 1 aromatic rings. The summed E-state index contributed by atoms with van der Waals surface area (Å²) >= 11 is 0. The Morgan fingerprint density at radius 2 is 1.96 bits per heavy atom. The van der Waals surface area contributed by atoms with Crippen molar-refractivity contribution >= 4 is 5.91 Å². The molecule has 6 heteroatoms. The molecule has 0 aliphatic carbocycles. The normalized spacial score (nSPS) is 21.4. The van der Waals surface area contributed by atoms with Crippen molar-refractivity contribution < 1.29 is 9.90 Å². The van der Waals surface area contributed by atoms with E-state index in [0.29, 0.717) is 6.42 Å². The lowest BCUT2D eigenvalue weighted by molar-refractivity contribution is -0.133. The zero-order valence-corrected chi connectivity index (χ0v) is 15.4. The summed E-state index contributed by atoms with van der Waals surface area (Å²) in [5, 5.41) is 10.5. The Morgan fingerprint density at radius 1 is 1.24 bits per heavy atom. The maximum Gasteiger partial charge on any atom is 0.222 e. The van der Waals surface area contributed by atoms with E-state index < -0.39 is 6.10 Å². The third-order valence-electron chi connectivity index (χ3n) is 5.78. The van der Waals surface area contributed by atoms with Gasteiger partial charge in [0.1, 0.15) is 11.9 Å². The van der Waals surface area contributed by atoms with Crippen molar-refractivity contribution in [2.45, 2.75) is 51.0 Å². The van der Waals surface area contributed by atoms with Crippen LogP contribution in [0.2, 0.25) is 0 Å². The Balaban J connectivity index is 1.38. The number of aryl methyl sites for hydroxylation is 1. The highest BCUT2D eigenvalue weighted by molar-refractivity contribution is 5.76. The van der Waals surface area contributed by atoms with Gasteiger partial charge in [-0.05, 0) is 57.7 Å². The zero-order chi connectivity index (χ0) is 17.6. The molecule has 2 fully saturated rings. The summed E-state index contributed by atoms with van der Waals surface area (Å²) in [5.41, 5.74) is 0. The van der Waals surface area contributed by atoms with Gasteiger partial charge >= 0.3 is 0 Å². The molecule has 0 bridgehead atoms. The number of hydrogen-bond acceptors (Lipinski definition) is 4. The summed E-state index contributed by atoms with van der Waals surface area (Å²) in [7, 11) is 1.91. The highest BCUT2D eigenvalue weighted by Crippen LogP contribution is 2.29. The molecule has 1 atom stereocenters. The largest absolute Gasteiger partial charge is 0.385 e. The van der Waals surface area contributed by atoms with Gasteiger partial charge in [-0.15, -0.1) is 0 Å². The Kier molecular flexibility index (Phi) is 6.48. The van der Waals surface area contributed by atoms with Crippen LogP contribution < -0.4 is 0 Å². The van der Waals surface area contributed by atoms with Gasteiger partial charge in [0.25, 0.3) is 0 Å². The van der Waals surface area contributed by atoms with Crippen molar-refractivity contribution in [3.8, 4) is 0 Å². The van der Waals surface area contributed by atoms with Crippen LogP contribution in [0.15, 0.2) is 12.4 Å². The Labute approximate surface area is 150 Å². The molecule has 3 rings (SSSR count). The highest BCUT2D eigenvalue weighted by Gasteiger charge is 2.29. The van der Waals surface area contributed by atoms with E-state index in [2.05, 4.69) is 9.88 Å². The molecule has 25 heavy (non-hydrogen) atoms. The average molecular weight is 348 g/mol. The molecule has 0 spiro atoms. The molecule has 1 N–H and O–H groups in total. The number of aliphatic hydroxyl groups is 1. The summed E-state index contributed by atoms with van der Waals surface area (Å²) in [6.07, 6.45) is 10.3. The number of nitrogens with zero attached hydrogens (tertiary/aromatic N) is 4. The lowest BCUT2D eigenvalue weighted by Gasteiger charge is -2.34. The fourth-order valence-corrected chi connectivity index (χ4v) is 4.13. The molecule has 2 saturated heterocycles. The van der Waals surface area contributed by atoms with Crippen LogP contribution in [-0.4, -0.2) is 63.1 Å². The maximum absolute atomic E-state index is 12.4. The Morgan fingerprint density at radius 3 is 2.60 bits per heavy atom. The number of piperidine rings is 2. The van der Waals surface area contributed by atoms with Crippen molar-refractivity contribution in [1.82, 2.24) is 19.4 Å². The standard InChI is InChI=1S/C19H32N4O2/c1-21-15-9-20-19(21)18(25)16-7-13-23(14-8-16)17(24)6-5-12-22-10-3-2-4-11-22/h9,15-16,18,25H,2-8,10-14H2,1H3/t18-/m0/s1. The smallest absolute Gasteiger partial charge is 0.222 e. The molecule has 0 saturated carbocycles. The van der Waals surface area contributed by atoms with E-state index in [9.17, 15) is 9.90 Å². The van der Waals surface area contributed by atoms with Crippen LogP contribution in [0.1, 0.15) is 56.9 Å². The first-order chi connectivity index (χ1) is 12.1. The van der Waals surface area contributed by atoms with Crippen LogP contribution >= 0.6 is 0 Å². The second kappa shape index (κ2) is 8.81. The molecule has 2 aliphatic heterocycles. The fraction of sp³-hybridized carbons (Fsp3) is 0.789. The molecule has 0 radical (unpaired) electrons. The first-order valence-corrected chi connectivity index (χ1v) is 9.80. The lowest BCUT2D eigenvalue weighted by Crippen LogP contribution is -2.40. The van der Waals surface area contributed by atoms with Crippen LogP contribution in [0.25, 0.3) is 0 Å². The number of hydrogen-bond donors (Lipinski definition) is 1. The summed E-state index contributed by atoms with van der Waals surface area (Å²) < 4.78 is 1.88. The van der Waals surface area contributed by atoms with Crippen LogP contribution in [0.5, 0.6) is 0 Å². The second-order valence-electron chi connectivity index (χ2n) is 7.57. The molecular weight excluding hydrogens is 316 g/mol. The monoisotopic (exact) mass is 348 g/mol. The molecule has 0 unspecified atom stereocenters. The number of likely N-dealkylation sites (tertiary alicyclic amines) is 2. The van der Waals surface area contributed by atoms with Gasteiger partial charge in [0.15, 0.2) is 0 Å². The highest BCUT2D eigenvalue weighted by atomic mass is 16.3. The van der Waals surface area contributed by atoms with Crippen molar-refractivity contribution in [2.75, 3.05) is 32.7 Å². The number of amides is 1. The van der Waals surface area contributed by atoms with Crippen molar-refractivity contribution in [1.29, 1.82) is 0 Å². The average Bonchev–Trinajstić information content (AvgIpc) is 3.08. The van der Waals surface area contributed by atoms with E-state index in [-0.39, 0.29) is 11.8 Å². The molecule has 3 heterocycles. The SMILES string of the molecule is Cn1ccnc1[C@@H](O)C1CCN(C(=O)CCCN2CCCCC2)CC1. The summed E-state index contributed by atoms with van der Waals surface area (Å²) in [6.45, 7) is 4.97. The van der Waals surface area contributed by atoms with E-state index in [0.717, 1.165) is 44.7 Å². The maximum atomic E-state index is 12.4. The van der Waals surface area contributed by atoms with Gasteiger partial charge < -0.3 is 19.5 Å². The van der Waals surface area contributed by atoms with Crippen LogP contribution in [-0.2, 0) is 11.8 Å². The van der Waals surface area contributed by atoms with Gasteiger partial charge in [0, 0.05) is 39.0 Å². The van der Waals surface area contributed by atoms with E-state index >= 15 is 0 Å². The van der Waals surface area contributed by atoms with Crippen molar-refractivity contribution in [2.24, 2.45) is 13.0 Å². The minimum absolute atomic E-state index is 0.193. The summed E-state index contributed by atoms with van der Waals surface area (Å²) in [4.78, 5) is 21.2. The predicted octanol–water partition coefficient (Wildman–Crippen LogP) is 1.96. The number of aliphatic hydroxyl groups excluding tert-OH is 1. The molecule has 1 amide bonds. The number of aromatic nitrogens is 2. The quantitative estimate of drug-likeness (QED) is 0.854. The minimum atomic E-state index is -0.531. The molecule has 2 aliphatic rings. The predicted molar refractivity (Wildman–Crippen MR) is 97.0 cm³/mol. The van der Waals surface area contributed by atoms with Crippen LogP contribution in [0.4, 0.5) is 0 Å². The lowest BCUT2D eigenvalue weighted by atomic mass is 9.90. The summed E-state index contributed by atoms with van der Waals surface area (Å²) in [5.74, 6) is 1.20. The number of carbonyl (C=O) groups excluding carboxylic acids is 1. The molecule has 140 valence electrons. The van der Waals surface area contributed by atoms with Crippen molar-refractivity contribution in [3.05, 3.63) is 18.2 Å². The third kappa shape index (κ3) is 4.82. The topological polar surface area (TPSA) is 61.6 Å². The van der Waals surface area contributed by atoms with Crippen molar-refractivity contribution in [3.63, 3.8) is 0 Å². The molecular formula is C19H32N4O2. The van der Waals surface area contributed by atoms with Gasteiger partial charge in [0.05, 0.1) is 0 Å². The summed E-state index contributed by atoms with van der Waals surface area (Å²) in [6, 6.07) is 0. The van der Waals surface area contributed by atoms with E-state index in [1.807, 2.05) is 22.7 Å². The second-order valence-corrected chi connectivity index (χ2v) is 7.57. The van der Waals surface area contributed by atoms with Gasteiger partial charge in [-0.3, -0.25) is 4.79 Å². The van der Waals surface area contributed by atoms with Crippen LogP contribution in [0, 0.1) is 5.92 Å². The molecule has 1 aromatic heterocycles. The number of carbonyl (C=O) groups is 1. The van der Waals surface area contributed by atoms with Gasteiger partial charge in [-0.1, -0.05) is 6.42 Å². The first kappa shape index (κ1) is 18.4. The Hall–Kier alpha value is -1.40. The van der Waals surface area contributed by atoms with Gasteiger partial charge in [-0.2, -0.15) is 0 Å². The molecule has 6 nitrogen and oxygen atoms in total. The number of imidazole rings is 1. The molecule has 0 aromatic carbocycles. The van der Waals surface area contributed by atoms with Gasteiger partial charge in [-0.25, -0.2) is 4.98 Å². The van der Waals surface area contributed by atoms with Gasteiger partial charge in [0.2, 0.25) is 5.91 Å². The van der Waals surface area contributed by atoms with E-state index in [4.69, 9.17) is 0 Å².